The largest absolute Gasteiger partial charge is 0.373 e. The predicted octanol–water partition coefficient (Wildman–Crippen LogP) is 2.19. The van der Waals surface area contributed by atoms with Gasteiger partial charge in [-0.2, -0.15) is 0 Å². The second-order valence-corrected chi connectivity index (χ2v) is 6.43. The summed E-state index contributed by atoms with van der Waals surface area (Å²) in [5, 5.41) is 3.40. The van der Waals surface area contributed by atoms with Crippen LogP contribution in [-0.4, -0.2) is 49.3 Å². The number of carbonyl (C=O) groups is 3. The second-order valence-electron chi connectivity index (χ2n) is 5.99. The fourth-order valence-corrected chi connectivity index (χ4v) is 2.90. The van der Waals surface area contributed by atoms with Crippen molar-refractivity contribution in [1.82, 2.24) is 10.2 Å². The molecule has 1 aliphatic rings. The Morgan fingerprint density at radius 2 is 1.62 bits per heavy atom. The van der Waals surface area contributed by atoms with Crippen LogP contribution < -0.4 is 10.2 Å². The van der Waals surface area contributed by atoms with Gasteiger partial charge in [0.25, 0.3) is 11.8 Å². The molecule has 0 fully saturated rings. The summed E-state index contributed by atoms with van der Waals surface area (Å²) in [6.07, 6.45) is 0. The summed E-state index contributed by atoms with van der Waals surface area (Å²) in [4.78, 5) is 39.5. The molecular formula is C19H18ClN3O3. The SMILES string of the molecule is CN(CCNC(=O)CN1C(=O)c2ccccc2C1=O)c1ccc(Cl)cc1. The van der Waals surface area contributed by atoms with Crippen molar-refractivity contribution in [1.29, 1.82) is 0 Å². The van der Waals surface area contributed by atoms with Crippen LogP contribution in [0.2, 0.25) is 5.02 Å². The monoisotopic (exact) mass is 371 g/mol. The van der Waals surface area contributed by atoms with E-state index in [0.717, 1.165) is 10.6 Å². The first-order valence-corrected chi connectivity index (χ1v) is 8.54. The van der Waals surface area contributed by atoms with Gasteiger partial charge in [-0.05, 0) is 36.4 Å². The van der Waals surface area contributed by atoms with Gasteiger partial charge >= 0.3 is 0 Å². The highest BCUT2D eigenvalue weighted by Crippen LogP contribution is 2.22. The Hall–Kier alpha value is -2.86. The number of likely N-dealkylation sites (N-methyl/N-ethyl adjacent to an activating group) is 1. The molecule has 2 aromatic rings. The molecule has 0 bridgehead atoms. The fourth-order valence-electron chi connectivity index (χ4n) is 2.77. The Kier molecular flexibility index (Phi) is 5.23. The van der Waals surface area contributed by atoms with Gasteiger partial charge in [-0.1, -0.05) is 23.7 Å². The van der Waals surface area contributed by atoms with Crippen molar-refractivity contribution < 1.29 is 14.4 Å². The van der Waals surface area contributed by atoms with Crippen molar-refractivity contribution in [3.8, 4) is 0 Å². The first-order chi connectivity index (χ1) is 12.5. The molecule has 134 valence electrons. The molecule has 3 rings (SSSR count). The number of nitrogens with one attached hydrogen (secondary N) is 1. The van der Waals surface area contributed by atoms with Gasteiger partial charge in [0.2, 0.25) is 5.91 Å². The Labute approximate surface area is 156 Å². The zero-order valence-corrected chi connectivity index (χ0v) is 15.0. The number of halogens is 1. The van der Waals surface area contributed by atoms with Crippen LogP contribution >= 0.6 is 11.6 Å². The average molecular weight is 372 g/mol. The number of benzene rings is 2. The van der Waals surface area contributed by atoms with Crippen molar-refractivity contribution in [3.05, 3.63) is 64.7 Å². The van der Waals surface area contributed by atoms with E-state index in [9.17, 15) is 14.4 Å². The van der Waals surface area contributed by atoms with Crippen molar-refractivity contribution >= 4 is 35.0 Å². The second kappa shape index (κ2) is 7.58. The van der Waals surface area contributed by atoms with E-state index in [1.807, 2.05) is 24.1 Å². The van der Waals surface area contributed by atoms with E-state index in [2.05, 4.69) is 5.32 Å². The zero-order valence-electron chi connectivity index (χ0n) is 14.2. The van der Waals surface area contributed by atoms with Crippen LogP contribution in [0, 0.1) is 0 Å². The number of fused-ring (bicyclic) bond motifs is 1. The number of amides is 3. The van der Waals surface area contributed by atoms with Crippen LogP contribution in [-0.2, 0) is 4.79 Å². The number of imide groups is 1. The highest BCUT2D eigenvalue weighted by molar-refractivity contribution is 6.30. The maximum absolute atomic E-state index is 12.2. The van der Waals surface area contributed by atoms with Gasteiger partial charge in [0.05, 0.1) is 11.1 Å². The third-order valence-electron chi connectivity index (χ3n) is 4.22. The minimum Gasteiger partial charge on any atom is -0.373 e. The van der Waals surface area contributed by atoms with E-state index in [1.54, 1.807) is 36.4 Å². The summed E-state index contributed by atoms with van der Waals surface area (Å²) in [7, 11) is 1.90. The summed E-state index contributed by atoms with van der Waals surface area (Å²) < 4.78 is 0. The van der Waals surface area contributed by atoms with Crippen molar-refractivity contribution in [2.24, 2.45) is 0 Å². The Morgan fingerprint density at radius 3 is 2.19 bits per heavy atom. The number of hydrogen-bond donors (Lipinski definition) is 1. The van der Waals surface area contributed by atoms with Gasteiger partial charge in [0, 0.05) is 30.8 Å². The molecule has 0 unspecified atom stereocenters. The lowest BCUT2D eigenvalue weighted by Gasteiger charge is -2.20. The normalized spacial score (nSPS) is 12.9. The van der Waals surface area contributed by atoms with E-state index in [4.69, 9.17) is 11.6 Å². The van der Waals surface area contributed by atoms with Gasteiger partial charge in [-0.25, -0.2) is 0 Å². The highest BCUT2D eigenvalue weighted by Gasteiger charge is 2.36. The smallest absolute Gasteiger partial charge is 0.262 e. The predicted molar refractivity (Wildman–Crippen MR) is 99.5 cm³/mol. The molecule has 3 amide bonds. The highest BCUT2D eigenvalue weighted by atomic mass is 35.5. The standard InChI is InChI=1S/C19H18ClN3O3/c1-22(14-8-6-13(20)7-9-14)11-10-21-17(24)12-23-18(25)15-4-2-3-5-16(15)19(23)26/h2-9H,10-12H2,1H3,(H,21,24). The molecule has 6 nitrogen and oxygen atoms in total. The molecular weight excluding hydrogens is 354 g/mol. The molecule has 1 heterocycles. The molecule has 0 radical (unpaired) electrons. The van der Waals surface area contributed by atoms with E-state index in [-0.39, 0.29) is 12.5 Å². The first kappa shape index (κ1) is 17.9. The number of rotatable bonds is 6. The van der Waals surface area contributed by atoms with Gasteiger partial charge < -0.3 is 10.2 Å². The summed E-state index contributed by atoms with van der Waals surface area (Å²) >= 11 is 5.87. The number of nitrogens with zero attached hydrogens (tertiary/aromatic N) is 2. The summed E-state index contributed by atoms with van der Waals surface area (Å²) in [6.45, 7) is 0.688. The Balaban J connectivity index is 1.50. The molecule has 0 aromatic heterocycles. The third kappa shape index (κ3) is 3.70. The topological polar surface area (TPSA) is 69.7 Å². The number of hydrogen-bond acceptors (Lipinski definition) is 4. The molecule has 0 atom stereocenters. The van der Waals surface area contributed by atoms with Crippen LogP contribution in [0.1, 0.15) is 20.7 Å². The lowest BCUT2D eigenvalue weighted by Crippen LogP contribution is -2.42. The molecule has 1 aliphatic heterocycles. The summed E-state index contributed by atoms with van der Waals surface area (Å²) in [5.74, 6) is -1.23. The molecule has 0 saturated heterocycles. The van der Waals surface area contributed by atoms with Crippen molar-refractivity contribution in [2.75, 3.05) is 31.6 Å². The van der Waals surface area contributed by atoms with Crippen LogP contribution in [0.3, 0.4) is 0 Å². The Morgan fingerprint density at radius 1 is 1.04 bits per heavy atom. The van der Waals surface area contributed by atoms with E-state index < -0.39 is 11.8 Å². The first-order valence-electron chi connectivity index (χ1n) is 8.16. The molecule has 7 heteroatoms. The molecule has 0 spiro atoms. The number of anilines is 1. The quantitative estimate of drug-likeness (QED) is 0.790. The maximum Gasteiger partial charge on any atom is 0.262 e. The molecule has 1 N–H and O–H groups in total. The average Bonchev–Trinajstić information content (AvgIpc) is 2.87. The molecule has 0 saturated carbocycles. The van der Waals surface area contributed by atoms with E-state index in [1.165, 1.54) is 0 Å². The maximum atomic E-state index is 12.2. The lowest BCUT2D eigenvalue weighted by molar-refractivity contribution is -0.121. The van der Waals surface area contributed by atoms with Crippen LogP contribution in [0.25, 0.3) is 0 Å². The number of carbonyl (C=O) groups excluding carboxylic acids is 3. The van der Waals surface area contributed by atoms with Crippen molar-refractivity contribution in [3.63, 3.8) is 0 Å². The van der Waals surface area contributed by atoms with Crippen LogP contribution in [0.4, 0.5) is 5.69 Å². The van der Waals surface area contributed by atoms with Gasteiger partial charge in [-0.15, -0.1) is 0 Å². The molecule has 0 aliphatic carbocycles. The molecule has 2 aromatic carbocycles. The van der Waals surface area contributed by atoms with Gasteiger partial charge in [0.1, 0.15) is 6.54 Å². The lowest BCUT2D eigenvalue weighted by atomic mass is 10.1. The van der Waals surface area contributed by atoms with Gasteiger partial charge in [0.15, 0.2) is 0 Å². The minimum absolute atomic E-state index is 0.281. The van der Waals surface area contributed by atoms with Crippen LogP contribution in [0.15, 0.2) is 48.5 Å². The van der Waals surface area contributed by atoms with Crippen molar-refractivity contribution in [2.45, 2.75) is 0 Å². The zero-order chi connectivity index (χ0) is 18.7. The van der Waals surface area contributed by atoms with E-state index >= 15 is 0 Å². The van der Waals surface area contributed by atoms with Crippen LogP contribution in [0.5, 0.6) is 0 Å². The Bertz CT molecular complexity index is 816. The summed E-state index contributed by atoms with van der Waals surface area (Å²) in [6, 6.07) is 14.0. The molecule has 26 heavy (non-hydrogen) atoms. The fraction of sp³-hybridized carbons (Fsp3) is 0.211. The summed E-state index contributed by atoms with van der Waals surface area (Å²) in [5.41, 5.74) is 1.66. The third-order valence-corrected chi connectivity index (χ3v) is 4.47. The van der Waals surface area contributed by atoms with Gasteiger partial charge in [-0.3, -0.25) is 19.3 Å². The minimum atomic E-state index is -0.431. The van der Waals surface area contributed by atoms with E-state index in [0.29, 0.717) is 29.2 Å².